The van der Waals surface area contributed by atoms with E-state index in [0.29, 0.717) is 29.2 Å². The molecular formula is C16H20N4O. The van der Waals surface area contributed by atoms with Gasteiger partial charge in [-0.3, -0.25) is 9.20 Å². The zero-order chi connectivity index (χ0) is 14.6. The first-order valence-corrected chi connectivity index (χ1v) is 7.75. The number of aryl methyl sites for hydroxylation is 2. The summed E-state index contributed by atoms with van der Waals surface area (Å²) in [5.74, 6) is 1.30. The van der Waals surface area contributed by atoms with Gasteiger partial charge in [0.2, 0.25) is 0 Å². The van der Waals surface area contributed by atoms with E-state index >= 15 is 0 Å². The molecule has 0 spiro atoms. The van der Waals surface area contributed by atoms with Crippen molar-refractivity contribution in [3.63, 3.8) is 0 Å². The van der Waals surface area contributed by atoms with E-state index in [1.165, 1.54) is 25.7 Å². The first-order valence-electron chi connectivity index (χ1n) is 7.75. The molecule has 2 fully saturated rings. The molecule has 5 nitrogen and oxygen atoms in total. The normalized spacial score (nSPS) is 18.4. The fourth-order valence-corrected chi connectivity index (χ4v) is 3.19. The number of aromatic nitrogens is 3. The van der Waals surface area contributed by atoms with Crippen LogP contribution >= 0.6 is 0 Å². The largest absolute Gasteiger partial charge is 0.347 e. The molecule has 0 aromatic carbocycles. The summed E-state index contributed by atoms with van der Waals surface area (Å²) in [6, 6.07) is 2.34. The van der Waals surface area contributed by atoms with E-state index < -0.39 is 0 Å². The fraction of sp³-hybridized carbons (Fsp3) is 0.562. The molecule has 0 atom stereocenters. The standard InChI is InChI=1S/C16H20N4O/c1-9-7-10(2)20-8-17-14(15(20)18-9)16(21)19-13(11-3-4-11)12-5-6-12/h7-8,11-13H,3-6H2,1-2H3,(H,19,21). The van der Waals surface area contributed by atoms with Crippen molar-refractivity contribution < 1.29 is 4.79 Å². The lowest BCUT2D eigenvalue weighted by Crippen LogP contribution is -2.38. The quantitative estimate of drug-likeness (QED) is 0.937. The number of carbonyl (C=O) groups excluding carboxylic acids is 1. The van der Waals surface area contributed by atoms with Crippen molar-refractivity contribution in [2.75, 3.05) is 0 Å². The van der Waals surface area contributed by atoms with Crippen molar-refractivity contribution in [2.24, 2.45) is 11.8 Å². The van der Waals surface area contributed by atoms with Gasteiger partial charge in [-0.1, -0.05) is 0 Å². The van der Waals surface area contributed by atoms with Crippen molar-refractivity contribution in [2.45, 2.75) is 45.6 Å². The van der Waals surface area contributed by atoms with E-state index in [1.54, 1.807) is 6.33 Å². The van der Waals surface area contributed by atoms with E-state index in [-0.39, 0.29) is 5.91 Å². The number of amides is 1. The van der Waals surface area contributed by atoms with Gasteiger partial charge >= 0.3 is 0 Å². The molecule has 1 amide bonds. The first kappa shape index (κ1) is 12.8. The fourth-order valence-electron chi connectivity index (χ4n) is 3.19. The van der Waals surface area contributed by atoms with E-state index in [2.05, 4.69) is 15.3 Å². The third-order valence-electron chi connectivity index (χ3n) is 4.59. The summed E-state index contributed by atoms with van der Waals surface area (Å²) in [6.07, 6.45) is 6.70. The Labute approximate surface area is 123 Å². The van der Waals surface area contributed by atoms with Crippen molar-refractivity contribution in [3.8, 4) is 0 Å². The molecule has 2 aliphatic carbocycles. The van der Waals surface area contributed by atoms with E-state index in [0.717, 1.165) is 11.4 Å². The molecule has 0 saturated heterocycles. The number of rotatable bonds is 4. The van der Waals surface area contributed by atoms with Gasteiger partial charge in [-0.2, -0.15) is 0 Å². The Morgan fingerprint density at radius 1 is 1.29 bits per heavy atom. The summed E-state index contributed by atoms with van der Waals surface area (Å²) in [5, 5.41) is 3.22. The molecular weight excluding hydrogens is 264 g/mol. The lowest BCUT2D eigenvalue weighted by molar-refractivity contribution is 0.0923. The molecule has 2 heterocycles. The molecule has 0 radical (unpaired) electrons. The van der Waals surface area contributed by atoms with Gasteiger partial charge < -0.3 is 5.32 Å². The predicted octanol–water partition coefficient (Wildman–Crippen LogP) is 2.26. The second-order valence-electron chi connectivity index (χ2n) is 6.50. The highest BCUT2D eigenvalue weighted by molar-refractivity contribution is 5.98. The Bertz CT molecular complexity index is 700. The summed E-state index contributed by atoms with van der Waals surface area (Å²) in [5.41, 5.74) is 3.07. The SMILES string of the molecule is Cc1cc(C)n2cnc(C(=O)NC(C3CC3)C3CC3)c2n1. The molecule has 5 heteroatoms. The lowest BCUT2D eigenvalue weighted by Gasteiger charge is -2.16. The Balaban J connectivity index is 1.64. The molecule has 0 bridgehead atoms. The van der Waals surface area contributed by atoms with Gasteiger partial charge in [0.25, 0.3) is 5.91 Å². The van der Waals surface area contributed by atoms with Gasteiger partial charge in [-0.25, -0.2) is 9.97 Å². The van der Waals surface area contributed by atoms with E-state index in [4.69, 9.17) is 0 Å². The molecule has 2 aromatic heterocycles. The molecule has 0 unspecified atom stereocenters. The van der Waals surface area contributed by atoms with Crippen LogP contribution < -0.4 is 5.32 Å². The van der Waals surface area contributed by atoms with Crippen LogP contribution in [0.15, 0.2) is 12.4 Å². The summed E-state index contributed by atoms with van der Waals surface area (Å²) >= 11 is 0. The molecule has 2 aliphatic rings. The lowest BCUT2D eigenvalue weighted by atomic mass is 10.1. The maximum atomic E-state index is 12.6. The van der Waals surface area contributed by atoms with Crippen molar-refractivity contribution >= 4 is 11.6 Å². The van der Waals surface area contributed by atoms with Crippen LogP contribution in [0.4, 0.5) is 0 Å². The number of hydrogen-bond acceptors (Lipinski definition) is 3. The molecule has 0 aliphatic heterocycles. The van der Waals surface area contributed by atoms with Gasteiger partial charge in [-0.05, 0) is 57.4 Å². The minimum absolute atomic E-state index is 0.0706. The van der Waals surface area contributed by atoms with Crippen molar-refractivity contribution in [3.05, 3.63) is 29.5 Å². The predicted molar refractivity (Wildman–Crippen MR) is 79.2 cm³/mol. The van der Waals surface area contributed by atoms with Crippen LogP contribution in [0, 0.1) is 25.7 Å². The first-order chi connectivity index (χ1) is 10.1. The summed E-state index contributed by atoms with van der Waals surface area (Å²) in [7, 11) is 0. The second-order valence-corrected chi connectivity index (χ2v) is 6.50. The van der Waals surface area contributed by atoms with Crippen LogP contribution in [0.2, 0.25) is 0 Å². The molecule has 21 heavy (non-hydrogen) atoms. The maximum absolute atomic E-state index is 12.6. The minimum Gasteiger partial charge on any atom is -0.347 e. The van der Waals surface area contributed by atoms with Crippen LogP contribution in [0.1, 0.15) is 47.6 Å². The van der Waals surface area contributed by atoms with Gasteiger partial charge in [0.05, 0.1) is 0 Å². The highest BCUT2D eigenvalue weighted by atomic mass is 16.2. The van der Waals surface area contributed by atoms with E-state index in [1.807, 2.05) is 24.3 Å². The number of carbonyl (C=O) groups is 1. The van der Waals surface area contributed by atoms with Crippen LogP contribution in [0.5, 0.6) is 0 Å². The Morgan fingerprint density at radius 3 is 2.57 bits per heavy atom. The number of hydrogen-bond donors (Lipinski definition) is 1. The van der Waals surface area contributed by atoms with Crippen molar-refractivity contribution in [1.82, 2.24) is 19.7 Å². The van der Waals surface area contributed by atoms with Gasteiger partial charge in [0.1, 0.15) is 6.33 Å². The van der Waals surface area contributed by atoms with Crippen LogP contribution in [0.3, 0.4) is 0 Å². The van der Waals surface area contributed by atoms with Crippen LogP contribution in [0.25, 0.3) is 5.65 Å². The average molecular weight is 284 g/mol. The summed E-state index contributed by atoms with van der Waals surface area (Å²) in [4.78, 5) is 21.4. The molecule has 1 N–H and O–H groups in total. The van der Waals surface area contributed by atoms with E-state index in [9.17, 15) is 4.79 Å². The minimum atomic E-state index is -0.0706. The van der Waals surface area contributed by atoms with Crippen molar-refractivity contribution in [1.29, 1.82) is 0 Å². The van der Waals surface area contributed by atoms with Crippen LogP contribution in [-0.2, 0) is 0 Å². The Hall–Kier alpha value is -1.91. The Morgan fingerprint density at radius 2 is 1.95 bits per heavy atom. The van der Waals surface area contributed by atoms with Crippen LogP contribution in [-0.4, -0.2) is 26.3 Å². The zero-order valence-corrected chi connectivity index (χ0v) is 12.5. The highest BCUT2D eigenvalue weighted by Gasteiger charge is 2.42. The number of imidazole rings is 1. The zero-order valence-electron chi connectivity index (χ0n) is 12.5. The molecule has 2 saturated carbocycles. The summed E-state index contributed by atoms with van der Waals surface area (Å²) in [6.45, 7) is 3.95. The molecule has 4 rings (SSSR count). The highest BCUT2D eigenvalue weighted by Crippen LogP contribution is 2.44. The number of nitrogens with one attached hydrogen (secondary N) is 1. The average Bonchev–Trinajstić information content (AvgIpc) is 3.33. The molecule has 110 valence electrons. The topological polar surface area (TPSA) is 59.3 Å². The smallest absolute Gasteiger partial charge is 0.274 e. The van der Waals surface area contributed by atoms with Gasteiger partial charge in [0.15, 0.2) is 11.3 Å². The third kappa shape index (κ3) is 2.30. The van der Waals surface area contributed by atoms with Gasteiger partial charge in [-0.15, -0.1) is 0 Å². The summed E-state index contributed by atoms with van der Waals surface area (Å²) < 4.78 is 1.88. The number of fused-ring (bicyclic) bond motifs is 1. The number of nitrogens with zero attached hydrogens (tertiary/aromatic N) is 3. The Kier molecular flexibility index (Phi) is 2.77. The monoisotopic (exact) mass is 284 g/mol. The van der Waals surface area contributed by atoms with Gasteiger partial charge in [0, 0.05) is 17.4 Å². The second kappa shape index (κ2) is 4.55. The third-order valence-corrected chi connectivity index (χ3v) is 4.59. The molecule has 2 aromatic rings. The maximum Gasteiger partial charge on any atom is 0.274 e.